The summed E-state index contributed by atoms with van der Waals surface area (Å²) in [5.74, 6) is -4.30. The standard InChI is InChI=1S/C31H27NO4/c32-29(27(20-11-3-1-4-12-20)21-13-5-2-6-14-21)28(30(33)34)31(35)36-19-26-24-17-9-7-15-22(24)23-16-8-10-18-25(23)26/h1-18,26-29H,19,32H2,(H,33,34)/t28-,29?/m0/s1. The summed E-state index contributed by atoms with van der Waals surface area (Å²) in [5, 5.41) is 10.1. The summed E-state index contributed by atoms with van der Waals surface area (Å²) in [7, 11) is 0. The summed E-state index contributed by atoms with van der Waals surface area (Å²) in [6, 6.07) is 33.9. The van der Waals surface area contributed by atoms with Crippen LogP contribution < -0.4 is 5.73 Å². The fraction of sp³-hybridized carbons (Fsp3) is 0.161. The summed E-state index contributed by atoms with van der Waals surface area (Å²) in [5.41, 5.74) is 12.6. The van der Waals surface area contributed by atoms with Crippen molar-refractivity contribution >= 4 is 11.9 Å². The first-order valence-electron chi connectivity index (χ1n) is 12.0. The molecule has 0 aliphatic heterocycles. The highest BCUT2D eigenvalue weighted by Gasteiger charge is 2.40. The number of carboxylic acids is 1. The van der Waals surface area contributed by atoms with E-state index < -0.39 is 29.8 Å². The maximum atomic E-state index is 13.3. The molecule has 0 heterocycles. The van der Waals surface area contributed by atoms with Crippen LogP contribution in [0, 0.1) is 5.92 Å². The lowest BCUT2D eigenvalue weighted by molar-refractivity contribution is -0.160. The van der Waals surface area contributed by atoms with E-state index in [-0.39, 0.29) is 12.5 Å². The van der Waals surface area contributed by atoms with Gasteiger partial charge in [0.25, 0.3) is 0 Å². The Hall–Kier alpha value is -4.22. The zero-order valence-corrected chi connectivity index (χ0v) is 19.7. The van der Waals surface area contributed by atoms with Crippen LogP contribution in [0.1, 0.15) is 34.1 Å². The second-order valence-electron chi connectivity index (χ2n) is 9.05. The molecule has 0 bridgehead atoms. The summed E-state index contributed by atoms with van der Waals surface area (Å²) in [6.07, 6.45) is 0. The number of carbonyl (C=O) groups excluding carboxylic acids is 1. The second kappa shape index (κ2) is 10.2. The molecular formula is C31H27NO4. The van der Waals surface area contributed by atoms with Gasteiger partial charge in [0.15, 0.2) is 5.92 Å². The van der Waals surface area contributed by atoms with Crippen molar-refractivity contribution < 1.29 is 19.4 Å². The monoisotopic (exact) mass is 477 g/mol. The third kappa shape index (κ3) is 4.41. The molecule has 36 heavy (non-hydrogen) atoms. The van der Waals surface area contributed by atoms with E-state index in [1.54, 1.807) is 0 Å². The minimum Gasteiger partial charge on any atom is -0.481 e. The van der Waals surface area contributed by atoms with Crippen LogP contribution in [0.2, 0.25) is 0 Å². The predicted molar refractivity (Wildman–Crippen MR) is 139 cm³/mol. The van der Waals surface area contributed by atoms with Crippen LogP contribution in [-0.4, -0.2) is 29.7 Å². The number of carbonyl (C=O) groups is 2. The lowest BCUT2D eigenvalue weighted by atomic mass is 9.79. The largest absolute Gasteiger partial charge is 0.481 e. The number of aliphatic carboxylic acids is 1. The van der Waals surface area contributed by atoms with E-state index in [0.29, 0.717) is 0 Å². The quantitative estimate of drug-likeness (QED) is 0.269. The Balaban J connectivity index is 1.41. The zero-order valence-electron chi connectivity index (χ0n) is 19.7. The van der Waals surface area contributed by atoms with E-state index >= 15 is 0 Å². The number of carboxylic acid groups (broad SMARTS) is 1. The molecule has 1 aliphatic carbocycles. The fourth-order valence-electron chi connectivity index (χ4n) is 5.27. The average Bonchev–Trinajstić information content (AvgIpc) is 3.22. The van der Waals surface area contributed by atoms with Gasteiger partial charge in [-0.2, -0.15) is 0 Å². The van der Waals surface area contributed by atoms with Gasteiger partial charge in [-0.05, 0) is 33.4 Å². The maximum absolute atomic E-state index is 13.3. The van der Waals surface area contributed by atoms with Gasteiger partial charge in [0.05, 0.1) is 0 Å². The van der Waals surface area contributed by atoms with Gasteiger partial charge < -0.3 is 15.6 Å². The van der Waals surface area contributed by atoms with E-state index in [9.17, 15) is 14.7 Å². The third-order valence-corrected chi connectivity index (χ3v) is 6.96. The van der Waals surface area contributed by atoms with Crippen LogP contribution >= 0.6 is 0 Å². The number of fused-ring (bicyclic) bond motifs is 3. The van der Waals surface area contributed by atoms with Crippen molar-refractivity contribution in [3.63, 3.8) is 0 Å². The van der Waals surface area contributed by atoms with Gasteiger partial charge in [-0.3, -0.25) is 9.59 Å². The zero-order chi connectivity index (χ0) is 25.1. The SMILES string of the molecule is NC(C(c1ccccc1)c1ccccc1)[C@@H](C(=O)O)C(=O)OCC1c2ccccc2-c2ccccc21. The van der Waals surface area contributed by atoms with Gasteiger partial charge in [-0.1, -0.05) is 109 Å². The van der Waals surface area contributed by atoms with Crippen molar-refractivity contribution in [2.75, 3.05) is 6.61 Å². The van der Waals surface area contributed by atoms with E-state index in [2.05, 4.69) is 12.1 Å². The van der Waals surface area contributed by atoms with Crippen molar-refractivity contribution in [3.8, 4) is 11.1 Å². The molecular weight excluding hydrogens is 450 g/mol. The van der Waals surface area contributed by atoms with E-state index in [0.717, 1.165) is 33.4 Å². The van der Waals surface area contributed by atoms with Crippen molar-refractivity contribution in [1.29, 1.82) is 0 Å². The number of ether oxygens (including phenoxy) is 1. The summed E-state index contributed by atoms with van der Waals surface area (Å²) < 4.78 is 5.71. The Bertz CT molecular complexity index is 1280. The van der Waals surface area contributed by atoms with Crippen LogP contribution in [-0.2, 0) is 14.3 Å². The van der Waals surface area contributed by atoms with Gasteiger partial charge in [-0.15, -0.1) is 0 Å². The molecule has 0 fully saturated rings. The lowest BCUT2D eigenvalue weighted by Crippen LogP contribution is -2.46. The molecule has 1 aliphatic rings. The Labute approximate surface area is 210 Å². The minimum atomic E-state index is -1.53. The highest BCUT2D eigenvalue weighted by atomic mass is 16.5. The van der Waals surface area contributed by atoms with Crippen molar-refractivity contribution in [2.45, 2.75) is 17.9 Å². The first kappa shape index (κ1) is 23.5. The number of hydrogen-bond donors (Lipinski definition) is 2. The lowest BCUT2D eigenvalue weighted by Gasteiger charge is -2.29. The van der Waals surface area contributed by atoms with Gasteiger partial charge in [-0.25, -0.2) is 0 Å². The molecule has 0 saturated carbocycles. The molecule has 5 rings (SSSR count). The van der Waals surface area contributed by atoms with Crippen LogP contribution in [0.5, 0.6) is 0 Å². The second-order valence-corrected chi connectivity index (χ2v) is 9.05. The molecule has 4 aromatic rings. The highest BCUT2D eigenvalue weighted by Crippen LogP contribution is 2.44. The van der Waals surface area contributed by atoms with Crippen LogP contribution in [0.15, 0.2) is 109 Å². The molecule has 0 aromatic heterocycles. The van der Waals surface area contributed by atoms with Gasteiger partial charge in [0.2, 0.25) is 0 Å². The van der Waals surface area contributed by atoms with Crippen LogP contribution in [0.4, 0.5) is 0 Å². The molecule has 1 unspecified atom stereocenters. The molecule has 3 N–H and O–H groups in total. The topological polar surface area (TPSA) is 89.6 Å². The molecule has 4 aromatic carbocycles. The van der Waals surface area contributed by atoms with Crippen molar-refractivity contribution in [3.05, 3.63) is 131 Å². The Kier molecular flexibility index (Phi) is 6.65. The maximum Gasteiger partial charge on any atom is 0.322 e. The molecule has 0 radical (unpaired) electrons. The molecule has 180 valence electrons. The number of benzene rings is 4. The van der Waals surface area contributed by atoms with Gasteiger partial charge >= 0.3 is 11.9 Å². The van der Waals surface area contributed by atoms with Gasteiger partial charge in [0, 0.05) is 17.9 Å². The van der Waals surface area contributed by atoms with E-state index in [1.165, 1.54) is 0 Å². The van der Waals surface area contributed by atoms with Crippen LogP contribution in [0.3, 0.4) is 0 Å². The van der Waals surface area contributed by atoms with Crippen molar-refractivity contribution in [1.82, 2.24) is 0 Å². The highest BCUT2D eigenvalue weighted by molar-refractivity contribution is 5.95. The smallest absolute Gasteiger partial charge is 0.322 e. The minimum absolute atomic E-state index is 0.0463. The fourth-order valence-corrected chi connectivity index (χ4v) is 5.27. The first-order valence-corrected chi connectivity index (χ1v) is 12.0. The first-order chi connectivity index (χ1) is 17.6. The van der Waals surface area contributed by atoms with E-state index in [4.69, 9.17) is 10.5 Å². The average molecular weight is 478 g/mol. The molecule has 0 saturated heterocycles. The number of rotatable bonds is 8. The normalized spacial score (nSPS) is 14.1. The molecule has 0 spiro atoms. The summed E-state index contributed by atoms with van der Waals surface area (Å²) in [6.45, 7) is 0.0463. The molecule has 5 nitrogen and oxygen atoms in total. The van der Waals surface area contributed by atoms with E-state index in [1.807, 2.05) is 97.1 Å². The molecule has 0 amide bonds. The Morgan fingerprint density at radius 3 is 1.64 bits per heavy atom. The Morgan fingerprint density at radius 2 is 1.17 bits per heavy atom. The predicted octanol–water partition coefficient (Wildman–Crippen LogP) is 5.20. The third-order valence-electron chi connectivity index (χ3n) is 6.96. The number of esters is 1. The van der Waals surface area contributed by atoms with Crippen molar-refractivity contribution in [2.24, 2.45) is 11.7 Å². The number of hydrogen-bond acceptors (Lipinski definition) is 4. The number of nitrogens with two attached hydrogens (primary N) is 1. The summed E-state index contributed by atoms with van der Waals surface area (Å²) >= 11 is 0. The summed E-state index contributed by atoms with van der Waals surface area (Å²) in [4.78, 5) is 25.7. The molecule has 2 atom stereocenters. The van der Waals surface area contributed by atoms with Gasteiger partial charge in [0.1, 0.15) is 6.61 Å². The van der Waals surface area contributed by atoms with Crippen LogP contribution in [0.25, 0.3) is 11.1 Å². The Morgan fingerprint density at radius 1 is 0.722 bits per heavy atom. The molecule has 5 heteroatoms.